The highest BCUT2D eigenvalue weighted by molar-refractivity contribution is 5.92. The topological polar surface area (TPSA) is 62.2 Å². The molecule has 4 nitrogen and oxygen atoms in total. The van der Waals surface area contributed by atoms with E-state index in [1.54, 1.807) is 6.92 Å². The first-order valence-electron chi connectivity index (χ1n) is 5.08. The Morgan fingerprint density at radius 1 is 1.62 bits per heavy atom. The Hall–Kier alpha value is -1.49. The molecule has 0 saturated carbocycles. The number of amides is 1. The van der Waals surface area contributed by atoms with Gasteiger partial charge in [0.05, 0.1) is 5.60 Å². The van der Waals surface area contributed by atoms with E-state index in [4.69, 9.17) is 0 Å². The Morgan fingerprint density at radius 3 is 2.88 bits per heavy atom. The lowest BCUT2D eigenvalue weighted by Gasteiger charge is -2.21. The molecule has 5 heteroatoms. The fourth-order valence-electron chi connectivity index (χ4n) is 1.02. The van der Waals surface area contributed by atoms with Gasteiger partial charge >= 0.3 is 0 Å². The van der Waals surface area contributed by atoms with Crippen LogP contribution >= 0.6 is 0 Å². The lowest BCUT2D eigenvalue weighted by Crippen LogP contribution is -2.40. The largest absolute Gasteiger partial charge is 0.388 e. The van der Waals surface area contributed by atoms with E-state index >= 15 is 0 Å². The van der Waals surface area contributed by atoms with Crippen LogP contribution in [0, 0.1) is 5.95 Å². The smallest absolute Gasteiger partial charge is 0.270 e. The molecule has 1 amide bonds. The Bertz CT molecular complexity index is 380. The number of nitrogens with one attached hydrogen (secondary N) is 1. The van der Waals surface area contributed by atoms with Gasteiger partial charge in [-0.1, -0.05) is 13.0 Å². The fraction of sp³-hybridized carbons (Fsp3) is 0.455. The molecule has 0 spiro atoms. The summed E-state index contributed by atoms with van der Waals surface area (Å²) in [6.45, 7) is 3.54. The maximum Gasteiger partial charge on any atom is 0.270 e. The van der Waals surface area contributed by atoms with Crippen molar-refractivity contribution in [2.24, 2.45) is 0 Å². The third kappa shape index (κ3) is 3.58. The molecule has 2 N–H and O–H groups in total. The average Bonchev–Trinajstić information content (AvgIpc) is 2.26. The molecule has 1 atom stereocenters. The Labute approximate surface area is 93.5 Å². The number of nitrogens with zero attached hydrogens (tertiary/aromatic N) is 1. The minimum Gasteiger partial charge on any atom is -0.388 e. The molecule has 1 aromatic heterocycles. The minimum atomic E-state index is -0.955. The standard InChI is InChI=1S/C11H15FN2O2/c1-3-11(2,16)7-13-10(15)8-5-4-6-9(12)14-8/h4-6,16H,3,7H2,1-2H3,(H,13,15). The highest BCUT2D eigenvalue weighted by atomic mass is 19.1. The van der Waals surface area contributed by atoms with Crippen LogP contribution in [-0.2, 0) is 0 Å². The monoisotopic (exact) mass is 226 g/mol. The molecular weight excluding hydrogens is 211 g/mol. The summed E-state index contributed by atoms with van der Waals surface area (Å²) in [4.78, 5) is 14.9. The second-order valence-electron chi connectivity index (χ2n) is 3.88. The number of hydrogen-bond acceptors (Lipinski definition) is 3. The summed E-state index contributed by atoms with van der Waals surface area (Å²) in [6.07, 6.45) is 0.518. The molecule has 16 heavy (non-hydrogen) atoms. The summed E-state index contributed by atoms with van der Waals surface area (Å²) in [6, 6.07) is 3.99. The van der Waals surface area contributed by atoms with Gasteiger partial charge in [0.15, 0.2) is 0 Å². The molecule has 0 aliphatic rings. The zero-order chi connectivity index (χ0) is 12.2. The van der Waals surface area contributed by atoms with Crippen LogP contribution in [0.15, 0.2) is 18.2 Å². The van der Waals surface area contributed by atoms with Crippen LogP contribution in [0.3, 0.4) is 0 Å². The molecule has 0 saturated heterocycles. The van der Waals surface area contributed by atoms with Crippen molar-refractivity contribution in [2.75, 3.05) is 6.54 Å². The van der Waals surface area contributed by atoms with Crippen LogP contribution < -0.4 is 5.32 Å². The van der Waals surface area contributed by atoms with E-state index in [0.717, 1.165) is 0 Å². The first kappa shape index (κ1) is 12.6. The lowest BCUT2D eigenvalue weighted by atomic mass is 10.0. The van der Waals surface area contributed by atoms with Crippen molar-refractivity contribution in [3.05, 3.63) is 29.8 Å². The summed E-state index contributed by atoms with van der Waals surface area (Å²) < 4.78 is 12.7. The number of aliphatic hydroxyl groups is 1. The van der Waals surface area contributed by atoms with Crippen LogP contribution in [-0.4, -0.2) is 28.1 Å². The molecule has 1 unspecified atom stereocenters. The summed E-state index contributed by atoms with van der Waals surface area (Å²) >= 11 is 0. The number of hydrogen-bond donors (Lipinski definition) is 2. The maximum atomic E-state index is 12.7. The summed E-state index contributed by atoms with van der Waals surface area (Å²) in [5.41, 5.74) is -0.949. The zero-order valence-electron chi connectivity index (χ0n) is 9.33. The molecule has 1 rings (SSSR count). The zero-order valence-corrected chi connectivity index (χ0v) is 9.33. The summed E-state index contributed by atoms with van der Waals surface area (Å²) in [5.74, 6) is -1.19. The quantitative estimate of drug-likeness (QED) is 0.756. The lowest BCUT2D eigenvalue weighted by molar-refractivity contribution is 0.0517. The van der Waals surface area contributed by atoms with Gasteiger partial charge in [-0.05, 0) is 25.5 Å². The fourth-order valence-corrected chi connectivity index (χ4v) is 1.02. The molecule has 0 bridgehead atoms. The number of carbonyl (C=O) groups is 1. The van der Waals surface area contributed by atoms with Crippen LogP contribution in [0.2, 0.25) is 0 Å². The van der Waals surface area contributed by atoms with Crippen LogP contribution in [0.4, 0.5) is 4.39 Å². The number of rotatable bonds is 4. The predicted octanol–water partition coefficient (Wildman–Crippen LogP) is 1.11. The van der Waals surface area contributed by atoms with Gasteiger partial charge in [0.1, 0.15) is 5.69 Å². The van der Waals surface area contributed by atoms with Crippen LogP contribution in [0.25, 0.3) is 0 Å². The number of aromatic nitrogens is 1. The van der Waals surface area contributed by atoms with Crippen molar-refractivity contribution in [3.8, 4) is 0 Å². The molecule has 0 fully saturated rings. The molecule has 0 aromatic carbocycles. The van der Waals surface area contributed by atoms with Gasteiger partial charge in [-0.3, -0.25) is 4.79 Å². The van der Waals surface area contributed by atoms with Gasteiger partial charge in [-0.25, -0.2) is 4.98 Å². The SMILES string of the molecule is CCC(C)(O)CNC(=O)c1cccc(F)n1. The van der Waals surface area contributed by atoms with Gasteiger partial charge in [0, 0.05) is 6.54 Å². The van der Waals surface area contributed by atoms with Gasteiger partial charge in [0.25, 0.3) is 5.91 Å². The van der Waals surface area contributed by atoms with E-state index in [0.29, 0.717) is 6.42 Å². The Morgan fingerprint density at radius 2 is 2.31 bits per heavy atom. The van der Waals surface area contributed by atoms with Crippen molar-refractivity contribution < 1.29 is 14.3 Å². The third-order valence-corrected chi connectivity index (χ3v) is 2.34. The van der Waals surface area contributed by atoms with Crippen LogP contribution in [0.5, 0.6) is 0 Å². The normalized spacial score (nSPS) is 14.2. The Balaban J connectivity index is 2.60. The second kappa shape index (κ2) is 5.03. The van der Waals surface area contributed by atoms with Crippen molar-refractivity contribution in [3.63, 3.8) is 0 Å². The first-order chi connectivity index (χ1) is 7.44. The van der Waals surface area contributed by atoms with Crippen molar-refractivity contribution in [1.29, 1.82) is 0 Å². The van der Waals surface area contributed by atoms with Gasteiger partial charge in [0.2, 0.25) is 5.95 Å². The molecular formula is C11H15FN2O2. The van der Waals surface area contributed by atoms with E-state index < -0.39 is 17.5 Å². The third-order valence-electron chi connectivity index (χ3n) is 2.34. The van der Waals surface area contributed by atoms with Gasteiger partial charge in [-0.2, -0.15) is 4.39 Å². The average molecular weight is 226 g/mol. The molecule has 1 heterocycles. The van der Waals surface area contributed by atoms with Gasteiger partial charge < -0.3 is 10.4 Å². The first-order valence-corrected chi connectivity index (χ1v) is 5.08. The second-order valence-corrected chi connectivity index (χ2v) is 3.88. The maximum absolute atomic E-state index is 12.7. The molecule has 1 aromatic rings. The number of carbonyl (C=O) groups excluding carboxylic acids is 1. The number of halogens is 1. The Kier molecular flexibility index (Phi) is 3.95. The highest BCUT2D eigenvalue weighted by Gasteiger charge is 2.19. The van der Waals surface area contributed by atoms with E-state index in [1.807, 2.05) is 6.92 Å². The van der Waals surface area contributed by atoms with Crippen LogP contribution in [0.1, 0.15) is 30.8 Å². The predicted molar refractivity (Wildman–Crippen MR) is 57.4 cm³/mol. The molecule has 0 aliphatic heterocycles. The summed E-state index contributed by atoms with van der Waals surface area (Å²) in [7, 11) is 0. The van der Waals surface area contributed by atoms with E-state index in [-0.39, 0.29) is 12.2 Å². The number of pyridine rings is 1. The van der Waals surface area contributed by atoms with E-state index in [9.17, 15) is 14.3 Å². The summed E-state index contributed by atoms with van der Waals surface area (Å²) in [5, 5.41) is 12.2. The van der Waals surface area contributed by atoms with Gasteiger partial charge in [-0.15, -0.1) is 0 Å². The highest BCUT2D eigenvalue weighted by Crippen LogP contribution is 2.06. The molecule has 0 radical (unpaired) electrons. The van der Waals surface area contributed by atoms with Crippen molar-refractivity contribution >= 4 is 5.91 Å². The minimum absolute atomic E-state index is 0.00639. The molecule has 88 valence electrons. The van der Waals surface area contributed by atoms with E-state index in [1.165, 1.54) is 18.2 Å². The van der Waals surface area contributed by atoms with Crippen molar-refractivity contribution in [1.82, 2.24) is 10.3 Å². The van der Waals surface area contributed by atoms with Crippen molar-refractivity contribution in [2.45, 2.75) is 25.9 Å². The van der Waals surface area contributed by atoms with E-state index in [2.05, 4.69) is 10.3 Å². The molecule has 0 aliphatic carbocycles.